The molecule has 1 heterocycles. The maximum atomic E-state index is 12.6. The van der Waals surface area contributed by atoms with E-state index in [1.807, 2.05) is 31.2 Å². The quantitative estimate of drug-likeness (QED) is 0.447. The standard InChI is InChI=1S/C22H21N3O4S/c1-16-7-4-5-10-19(16)24(2)13-11-20(26)22-21(27)12-14-25(23-22)17-8-6-9-18(15-17)30(3,28)29/h4-15H,1-3H3. The van der Waals surface area contributed by atoms with E-state index >= 15 is 0 Å². The van der Waals surface area contributed by atoms with Crippen molar-refractivity contribution in [2.75, 3.05) is 18.2 Å². The predicted octanol–water partition coefficient (Wildman–Crippen LogP) is 2.78. The number of para-hydroxylation sites is 1. The number of nitrogens with zero attached hydrogens (tertiary/aromatic N) is 3. The van der Waals surface area contributed by atoms with Crippen LogP contribution in [0.5, 0.6) is 0 Å². The number of aromatic nitrogens is 2. The van der Waals surface area contributed by atoms with E-state index < -0.39 is 21.0 Å². The number of anilines is 1. The van der Waals surface area contributed by atoms with Gasteiger partial charge in [0.15, 0.2) is 15.5 Å². The molecule has 0 N–H and O–H groups in total. The molecule has 0 atom stereocenters. The normalized spacial score (nSPS) is 11.6. The lowest BCUT2D eigenvalue weighted by molar-refractivity contribution is 0.103. The molecule has 0 aliphatic heterocycles. The Hall–Kier alpha value is -3.52. The van der Waals surface area contributed by atoms with Crippen molar-refractivity contribution >= 4 is 21.3 Å². The Labute approximate surface area is 174 Å². The molecule has 0 saturated heterocycles. The van der Waals surface area contributed by atoms with Crippen LogP contribution in [0.2, 0.25) is 0 Å². The van der Waals surface area contributed by atoms with E-state index in [1.54, 1.807) is 30.3 Å². The molecular formula is C22H21N3O4S. The Morgan fingerprint density at radius 3 is 2.53 bits per heavy atom. The average Bonchev–Trinajstić information content (AvgIpc) is 2.72. The Kier molecular flexibility index (Phi) is 5.98. The van der Waals surface area contributed by atoms with E-state index in [0.29, 0.717) is 5.69 Å². The number of hydrogen-bond donors (Lipinski definition) is 0. The van der Waals surface area contributed by atoms with E-state index in [9.17, 15) is 18.0 Å². The number of sulfone groups is 1. The molecule has 0 unspecified atom stereocenters. The van der Waals surface area contributed by atoms with Crippen LogP contribution in [0.25, 0.3) is 5.69 Å². The maximum Gasteiger partial charge on any atom is 0.211 e. The first kappa shape index (κ1) is 21.2. The summed E-state index contributed by atoms with van der Waals surface area (Å²) in [5.74, 6) is -0.547. The highest BCUT2D eigenvalue weighted by molar-refractivity contribution is 7.90. The van der Waals surface area contributed by atoms with Gasteiger partial charge in [-0.15, -0.1) is 0 Å². The molecule has 3 aromatic rings. The van der Waals surface area contributed by atoms with Crippen molar-refractivity contribution in [2.24, 2.45) is 0 Å². The first-order chi connectivity index (χ1) is 14.2. The zero-order chi connectivity index (χ0) is 21.9. The molecule has 0 saturated carbocycles. The van der Waals surface area contributed by atoms with Crippen molar-refractivity contribution in [3.63, 3.8) is 0 Å². The van der Waals surface area contributed by atoms with E-state index in [4.69, 9.17) is 0 Å². The second kappa shape index (κ2) is 8.46. The molecule has 3 rings (SSSR count). The van der Waals surface area contributed by atoms with Crippen molar-refractivity contribution in [3.8, 4) is 5.69 Å². The van der Waals surface area contributed by atoms with Crippen molar-refractivity contribution in [1.29, 1.82) is 0 Å². The van der Waals surface area contributed by atoms with Crippen molar-refractivity contribution in [1.82, 2.24) is 9.78 Å². The van der Waals surface area contributed by atoms with Crippen LogP contribution in [0, 0.1) is 6.92 Å². The lowest BCUT2D eigenvalue weighted by Gasteiger charge is -2.16. The van der Waals surface area contributed by atoms with E-state index in [1.165, 1.54) is 35.2 Å². The van der Waals surface area contributed by atoms with Gasteiger partial charge in [-0.1, -0.05) is 24.3 Å². The number of hydrogen-bond acceptors (Lipinski definition) is 6. The third kappa shape index (κ3) is 4.72. The van der Waals surface area contributed by atoms with Gasteiger partial charge in [-0.05, 0) is 36.8 Å². The Bertz CT molecular complexity index is 1290. The zero-order valence-electron chi connectivity index (χ0n) is 16.8. The number of carbonyl (C=O) groups is 1. The molecule has 154 valence electrons. The Morgan fingerprint density at radius 1 is 1.10 bits per heavy atom. The van der Waals surface area contributed by atoms with Crippen molar-refractivity contribution in [3.05, 3.63) is 94.6 Å². The van der Waals surface area contributed by atoms with E-state index in [-0.39, 0.29) is 10.6 Å². The Balaban J connectivity index is 1.91. The summed E-state index contributed by atoms with van der Waals surface area (Å²) >= 11 is 0. The number of benzene rings is 2. The van der Waals surface area contributed by atoms with Crippen LogP contribution in [-0.2, 0) is 9.84 Å². The fourth-order valence-electron chi connectivity index (χ4n) is 2.88. The molecule has 0 amide bonds. The van der Waals surface area contributed by atoms with Crippen LogP contribution in [-0.4, -0.2) is 37.3 Å². The molecule has 0 aliphatic carbocycles. The third-order valence-corrected chi connectivity index (χ3v) is 5.61. The second-order valence-corrected chi connectivity index (χ2v) is 8.84. The van der Waals surface area contributed by atoms with Gasteiger partial charge in [0, 0.05) is 43.5 Å². The maximum absolute atomic E-state index is 12.6. The summed E-state index contributed by atoms with van der Waals surface area (Å²) < 4.78 is 24.9. The van der Waals surface area contributed by atoms with Gasteiger partial charge in [-0.3, -0.25) is 9.59 Å². The molecule has 7 nitrogen and oxygen atoms in total. The summed E-state index contributed by atoms with van der Waals surface area (Å²) in [4.78, 5) is 26.7. The van der Waals surface area contributed by atoms with E-state index in [0.717, 1.165) is 17.5 Å². The smallest absolute Gasteiger partial charge is 0.211 e. The highest BCUT2D eigenvalue weighted by Crippen LogP contribution is 2.18. The fourth-order valence-corrected chi connectivity index (χ4v) is 3.54. The number of aryl methyl sites for hydroxylation is 1. The summed E-state index contributed by atoms with van der Waals surface area (Å²) in [6.07, 6.45) is 5.36. The van der Waals surface area contributed by atoms with Gasteiger partial charge in [-0.2, -0.15) is 5.10 Å². The first-order valence-corrected chi connectivity index (χ1v) is 11.0. The predicted molar refractivity (Wildman–Crippen MR) is 116 cm³/mol. The largest absolute Gasteiger partial charge is 0.351 e. The van der Waals surface area contributed by atoms with Crippen LogP contribution in [0.1, 0.15) is 16.1 Å². The number of ketones is 1. The summed E-state index contributed by atoms with van der Waals surface area (Å²) in [6.45, 7) is 1.96. The van der Waals surface area contributed by atoms with Crippen molar-refractivity contribution < 1.29 is 13.2 Å². The summed E-state index contributed by atoms with van der Waals surface area (Å²) in [6, 6.07) is 15.1. The van der Waals surface area contributed by atoms with E-state index in [2.05, 4.69) is 5.10 Å². The minimum absolute atomic E-state index is 0.119. The molecule has 2 aromatic carbocycles. The van der Waals surface area contributed by atoms with Crippen LogP contribution in [0.3, 0.4) is 0 Å². The number of rotatable bonds is 6. The molecule has 0 fully saturated rings. The second-order valence-electron chi connectivity index (χ2n) is 6.82. The third-order valence-electron chi connectivity index (χ3n) is 4.50. The molecule has 0 aliphatic rings. The number of allylic oxidation sites excluding steroid dienone is 1. The van der Waals surface area contributed by atoms with Gasteiger partial charge in [0.05, 0.1) is 10.6 Å². The molecule has 0 spiro atoms. The SMILES string of the molecule is Cc1ccccc1N(C)C=CC(=O)c1nn(-c2cccc(S(C)(=O)=O)c2)ccc1=O. The van der Waals surface area contributed by atoms with Gasteiger partial charge in [0.2, 0.25) is 11.2 Å². The minimum atomic E-state index is -3.40. The van der Waals surface area contributed by atoms with Gasteiger partial charge in [0.25, 0.3) is 0 Å². The highest BCUT2D eigenvalue weighted by atomic mass is 32.2. The van der Waals surface area contributed by atoms with Gasteiger partial charge < -0.3 is 4.90 Å². The van der Waals surface area contributed by atoms with Gasteiger partial charge in [-0.25, -0.2) is 13.1 Å². The molecule has 0 radical (unpaired) electrons. The first-order valence-electron chi connectivity index (χ1n) is 9.08. The number of carbonyl (C=O) groups excluding carboxylic acids is 1. The van der Waals surface area contributed by atoms with Gasteiger partial charge in [0.1, 0.15) is 0 Å². The van der Waals surface area contributed by atoms with Crippen molar-refractivity contribution in [2.45, 2.75) is 11.8 Å². The highest BCUT2D eigenvalue weighted by Gasteiger charge is 2.13. The van der Waals surface area contributed by atoms with Crippen LogP contribution >= 0.6 is 0 Å². The average molecular weight is 423 g/mol. The van der Waals surface area contributed by atoms with Gasteiger partial charge >= 0.3 is 0 Å². The van der Waals surface area contributed by atoms with Crippen LogP contribution in [0.15, 0.2) is 82.8 Å². The fraction of sp³-hybridized carbons (Fsp3) is 0.136. The van der Waals surface area contributed by atoms with Crippen LogP contribution < -0.4 is 10.3 Å². The molecular weight excluding hydrogens is 402 g/mol. The Morgan fingerprint density at radius 2 is 1.83 bits per heavy atom. The summed E-state index contributed by atoms with van der Waals surface area (Å²) in [5.41, 5.74) is 1.63. The topological polar surface area (TPSA) is 89.3 Å². The molecule has 8 heteroatoms. The summed E-state index contributed by atoms with van der Waals surface area (Å²) in [7, 11) is -1.60. The monoisotopic (exact) mass is 423 g/mol. The minimum Gasteiger partial charge on any atom is -0.351 e. The van der Waals surface area contributed by atoms with Crippen LogP contribution in [0.4, 0.5) is 5.69 Å². The molecule has 0 bridgehead atoms. The lowest BCUT2D eigenvalue weighted by atomic mass is 10.2. The lowest BCUT2D eigenvalue weighted by Crippen LogP contribution is -2.20. The molecule has 30 heavy (non-hydrogen) atoms. The zero-order valence-corrected chi connectivity index (χ0v) is 17.6. The molecule has 1 aromatic heterocycles. The summed E-state index contributed by atoms with van der Waals surface area (Å²) in [5, 5.41) is 4.12.